The van der Waals surface area contributed by atoms with Crippen LogP contribution in [0, 0.1) is 12.8 Å². The van der Waals surface area contributed by atoms with Gasteiger partial charge in [-0.3, -0.25) is 4.79 Å². The van der Waals surface area contributed by atoms with Gasteiger partial charge in [-0.1, -0.05) is 44.5 Å². The molecule has 1 aromatic rings. The third kappa shape index (κ3) is 7.54. The molecule has 0 aliphatic heterocycles. The summed E-state index contributed by atoms with van der Waals surface area (Å²) in [6.07, 6.45) is 5.01. The summed E-state index contributed by atoms with van der Waals surface area (Å²) in [5.74, 6) is 1.61. The molecule has 1 saturated carbocycles. The lowest BCUT2D eigenvalue weighted by Crippen LogP contribution is -2.41. The Morgan fingerprint density at radius 2 is 2.21 bits per heavy atom. The molecule has 0 heterocycles. The Bertz CT molecular complexity index is 670. The summed E-state index contributed by atoms with van der Waals surface area (Å²) >= 11 is 7.56. The number of ether oxygens (including phenoxy) is 1. The van der Waals surface area contributed by atoms with Crippen molar-refractivity contribution in [3.05, 3.63) is 41.4 Å². The summed E-state index contributed by atoms with van der Waals surface area (Å²) in [4.78, 5) is 14.3. The van der Waals surface area contributed by atoms with Crippen LogP contribution >= 0.6 is 23.4 Å². The van der Waals surface area contributed by atoms with Crippen molar-refractivity contribution in [2.75, 3.05) is 18.7 Å². The van der Waals surface area contributed by atoms with Gasteiger partial charge in [0.05, 0.1) is 22.4 Å². The Labute approximate surface area is 185 Å². The summed E-state index contributed by atoms with van der Waals surface area (Å²) in [5, 5.41) is 11.1. The second-order valence-corrected chi connectivity index (χ2v) is 8.70. The Balaban J connectivity index is 0.00000204. The number of benzene rings is 1. The van der Waals surface area contributed by atoms with Gasteiger partial charge >= 0.3 is 0 Å². The first-order chi connectivity index (χ1) is 13.8. The zero-order valence-electron chi connectivity index (χ0n) is 18.4. The van der Waals surface area contributed by atoms with Crippen LogP contribution < -0.4 is 4.74 Å². The molecular formula is C23H36ClNO3S. The molecule has 1 aliphatic rings. The van der Waals surface area contributed by atoms with Crippen molar-refractivity contribution in [3.8, 4) is 5.75 Å². The molecule has 0 saturated heterocycles. The second kappa shape index (κ2) is 12.5. The average molecular weight is 442 g/mol. The number of carbonyl (C=O) groups excluding carboxylic acids is 1. The van der Waals surface area contributed by atoms with Gasteiger partial charge in [-0.15, -0.1) is 18.3 Å². The van der Waals surface area contributed by atoms with Crippen LogP contribution in [-0.4, -0.2) is 46.3 Å². The predicted octanol–water partition coefficient (Wildman–Crippen LogP) is 5.70. The number of nitrogens with zero attached hydrogens (tertiary/aromatic N) is 1. The number of aliphatic hydroxyl groups is 1. The monoisotopic (exact) mass is 441 g/mol. The fourth-order valence-electron chi connectivity index (χ4n) is 3.65. The quantitative estimate of drug-likeness (QED) is 0.303. The summed E-state index contributed by atoms with van der Waals surface area (Å²) in [6.45, 7) is 11.9. The minimum atomic E-state index is -0.592. The van der Waals surface area contributed by atoms with Crippen LogP contribution in [0.25, 0.3) is 0 Å². The summed E-state index contributed by atoms with van der Waals surface area (Å²) in [6, 6.07) is 5.59. The van der Waals surface area contributed by atoms with E-state index >= 15 is 0 Å². The van der Waals surface area contributed by atoms with Gasteiger partial charge in [-0.2, -0.15) is 0 Å². The van der Waals surface area contributed by atoms with E-state index in [1.807, 2.05) is 59.0 Å². The van der Waals surface area contributed by atoms with E-state index < -0.39 is 5.60 Å². The highest BCUT2D eigenvalue weighted by atomic mass is 35.5. The Hall–Kier alpha value is -1.17. The number of hydrogen-bond donors (Lipinski definition) is 1. The lowest BCUT2D eigenvalue weighted by Gasteiger charge is -2.31. The van der Waals surface area contributed by atoms with Gasteiger partial charge in [-0.05, 0) is 56.2 Å². The van der Waals surface area contributed by atoms with Gasteiger partial charge in [0.15, 0.2) is 0 Å². The first kappa shape index (κ1) is 25.9. The smallest absolute Gasteiger partial charge is 0.232 e. The molecule has 4 nitrogen and oxygen atoms in total. The van der Waals surface area contributed by atoms with E-state index in [0.717, 1.165) is 31.2 Å². The van der Waals surface area contributed by atoms with Crippen LogP contribution in [0.15, 0.2) is 30.9 Å². The molecule has 6 heteroatoms. The molecule has 2 rings (SSSR count). The van der Waals surface area contributed by atoms with E-state index in [4.69, 9.17) is 16.3 Å². The van der Waals surface area contributed by atoms with Gasteiger partial charge in [0.2, 0.25) is 5.91 Å². The van der Waals surface area contributed by atoms with Crippen molar-refractivity contribution in [1.29, 1.82) is 0 Å². The number of likely N-dealkylation sites (N-methyl/N-ethyl adjacent to an activating group) is 1. The minimum Gasteiger partial charge on any atom is -0.481 e. The van der Waals surface area contributed by atoms with E-state index in [1.165, 1.54) is 11.8 Å². The first-order valence-electron chi connectivity index (χ1n) is 10.4. The van der Waals surface area contributed by atoms with Crippen LogP contribution in [0.2, 0.25) is 5.02 Å². The Morgan fingerprint density at radius 3 is 2.76 bits per heavy atom. The third-order valence-electron chi connectivity index (χ3n) is 5.46. The molecule has 3 atom stereocenters. The van der Waals surface area contributed by atoms with Gasteiger partial charge < -0.3 is 14.7 Å². The molecule has 1 N–H and O–H groups in total. The highest BCUT2D eigenvalue weighted by Crippen LogP contribution is 2.40. The molecule has 3 unspecified atom stereocenters. The number of halogens is 1. The van der Waals surface area contributed by atoms with E-state index in [9.17, 15) is 9.90 Å². The van der Waals surface area contributed by atoms with Crippen molar-refractivity contribution in [2.45, 2.75) is 65.0 Å². The van der Waals surface area contributed by atoms with E-state index in [-0.39, 0.29) is 17.9 Å². The van der Waals surface area contributed by atoms with Gasteiger partial charge in [0, 0.05) is 7.05 Å². The fourth-order valence-corrected chi connectivity index (χ4v) is 4.61. The maximum Gasteiger partial charge on any atom is 0.232 e. The highest BCUT2D eigenvalue weighted by Gasteiger charge is 2.40. The zero-order chi connectivity index (χ0) is 22.0. The molecular weight excluding hydrogens is 406 g/mol. The maximum atomic E-state index is 12.6. The van der Waals surface area contributed by atoms with E-state index in [1.54, 1.807) is 4.90 Å². The van der Waals surface area contributed by atoms with Crippen molar-refractivity contribution < 1.29 is 14.6 Å². The molecule has 0 radical (unpaired) electrons. The van der Waals surface area contributed by atoms with Gasteiger partial charge in [0.25, 0.3) is 0 Å². The molecule has 1 aromatic carbocycles. The molecule has 1 fully saturated rings. The maximum absolute atomic E-state index is 12.6. The third-order valence-corrected chi connectivity index (χ3v) is 6.49. The van der Waals surface area contributed by atoms with Crippen molar-refractivity contribution in [2.24, 2.45) is 5.92 Å². The first-order valence-corrected chi connectivity index (χ1v) is 11.9. The summed E-state index contributed by atoms with van der Waals surface area (Å²) in [5.41, 5.74) is 0.486. The van der Waals surface area contributed by atoms with Crippen LogP contribution in [0.3, 0.4) is 0 Å². The molecule has 1 amide bonds. The van der Waals surface area contributed by atoms with Crippen LogP contribution in [-0.2, 0) is 4.79 Å². The molecule has 29 heavy (non-hydrogen) atoms. The number of carbonyl (C=O) groups is 1. The molecule has 0 bridgehead atoms. The summed E-state index contributed by atoms with van der Waals surface area (Å²) in [7, 11) is 1.82. The van der Waals surface area contributed by atoms with Crippen LogP contribution in [0.4, 0.5) is 0 Å². The zero-order valence-corrected chi connectivity index (χ0v) is 20.0. The van der Waals surface area contributed by atoms with Crippen molar-refractivity contribution in [1.82, 2.24) is 4.90 Å². The lowest BCUT2D eigenvalue weighted by atomic mass is 9.92. The molecule has 0 spiro atoms. The normalized spacial score (nSPS) is 21.7. The van der Waals surface area contributed by atoms with Crippen molar-refractivity contribution >= 4 is 29.3 Å². The number of thioether (sulfide) groups is 1. The average Bonchev–Trinajstić information content (AvgIpc) is 3.11. The van der Waals surface area contributed by atoms with E-state index in [0.29, 0.717) is 22.5 Å². The van der Waals surface area contributed by atoms with E-state index in [2.05, 4.69) is 6.58 Å². The molecule has 0 aromatic heterocycles. The van der Waals surface area contributed by atoms with Crippen LogP contribution in [0.1, 0.15) is 52.0 Å². The van der Waals surface area contributed by atoms with Gasteiger partial charge in [-0.25, -0.2) is 0 Å². The SMILES string of the molecule is C=CC(C1CCC(O)(CC)C1)N(C)C(=O)CSCOc1ccc(C)cc1Cl.CC. The fraction of sp³-hybridized carbons (Fsp3) is 0.609. The minimum absolute atomic E-state index is 0.0374. The predicted molar refractivity (Wildman–Crippen MR) is 125 cm³/mol. The number of amides is 1. The molecule has 164 valence electrons. The number of aryl methyl sites for hydroxylation is 1. The number of hydrogen-bond acceptors (Lipinski definition) is 4. The Morgan fingerprint density at radius 1 is 1.52 bits per heavy atom. The standard InChI is InChI=1S/C21H30ClNO3S.C2H6/c1-5-18(16-9-10-21(25,6-2)12-16)23(4)20(24)13-27-14-26-19-8-7-15(3)11-17(19)22;1-2/h5,7-8,11,16,18,25H,1,6,9-10,12-14H2,2-4H3;1-2H3. The highest BCUT2D eigenvalue weighted by molar-refractivity contribution is 7.99. The summed E-state index contributed by atoms with van der Waals surface area (Å²) < 4.78 is 5.66. The topological polar surface area (TPSA) is 49.8 Å². The van der Waals surface area contributed by atoms with Crippen LogP contribution in [0.5, 0.6) is 5.75 Å². The molecule has 1 aliphatic carbocycles. The van der Waals surface area contributed by atoms with Gasteiger partial charge in [0.1, 0.15) is 11.7 Å². The Kier molecular flexibility index (Phi) is 11.2. The lowest BCUT2D eigenvalue weighted by molar-refractivity contribution is -0.129. The number of rotatable bonds is 9. The largest absolute Gasteiger partial charge is 0.481 e. The van der Waals surface area contributed by atoms with Crippen molar-refractivity contribution in [3.63, 3.8) is 0 Å². The second-order valence-electron chi connectivity index (χ2n) is 7.36.